The molecule has 0 radical (unpaired) electrons. The summed E-state index contributed by atoms with van der Waals surface area (Å²) >= 11 is 1.32. The molecule has 0 bridgehead atoms. The summed E-state index contributed by atoms with van der Waals surface area (Å²) in [7, 11) is 0. The second kappa shape index (κ2) is 8.82. The smallest absolute Gasteiger partial charge is 0.203 e. The highest BCUT2D eigenvalue weighted by Gasteiger charge is 2.21. The van der Waals surface area contributed by atoms with E-state index in [0.29, 0.717) is 17.3 Å². The van der Waals surface area contributed by atoms with Crippen molar-refractivity contribution in [2.24, 2.45) is 11.7 Å². The molecular formula is C22H25N4O2S+. The summed E-state index contributed by atoms with van der Waals surface area (Å²) in [6.45, 7) is 2.11. The van der Waals surface area contributed by atoms with Gasteiger partial charge in [0.1, 0.15) is 12.0 Å². The zero-order valence-corrected chi connectivity index (χ0v) is 17.1. The monoisotopic (exact) mass is 409 g/mol. The van der Waals surface area contributed by atoms with Crippen LogP contribution in [0.25, 0.3) is 18.2 Å². The maximum Gasteiger partial charge on any atom is 0.203 e. The summed E-state index contributed by atoms with van der Waals surface area (Å²) in [5, 5.41) is 17.4. The maximum atomic E-state index is 9.78. The first-order valence-electron chi connectivity index (χ1n) is 9.73. The molecule has 29 heavy (non-hydrogen) atoms. The van der Waals surface area contributed by atoms with Crippen LogP contribution in [0.4, 0.5) is 0 Å². The highest BCUT2D eigenvalue weighted by atomic mass is 32.2. The Bertz CT molecular complexity index is 989. The molecule has 150 valence electrons. The van der Waals surface area contributed by atoms with Gasteiger partial charge in [-0.2, -0.15) is 5.10 Å². The van der Waals surface area contributed by atoms with Gasteiger partial charge in [0.05, 0.1) is 23.4 Å². The Balaban J connectivity index is 1.44. The minimum absolute atomic E-state index is 0.365. The van der Waals surface area contributed by atoms with E-state index in [1.807, 2.05) is 48.7 Å². The number of aliphatic hydroxyl groups is 1. The molecule has 2 aliphatic carbocycles. The van der Waals surface area contributed by atoms with Gasteiger partial charge in [-0.25, -0.2) is 4.98 Å². The molecule has 0 aromatic carbocycles. The second-order valence-electron chi connectivity index (χ2n) is 7.28. The van der Waals surface area contributed by atoms with Crippen molar-refractivity contribution in [3.05, 3.63) is 75.4 Å². The van der Waals surface area contributed by atoms with Crippen molar-refractivity contribution >= 4 is 30.3 Å². The first-order chi connectivity index (χ1) is 14.1. The topological polar surface area (TPSA) is 98.3 Å². The van der Waals surface area contributed by atoms with Crippen LogP contribution in [0, 0.1) is 5.92 Å². The van der Waals surface area contributed by atoms with Gasteiger partial charge < -0.3 is 15.0 Å². The molecule has 4 rings (SSSR count). The van der Waals surface area contributed by atoms with E-state index in [0.717, 1.165) is 41.2 Å². The number of nitrogens with one attached hydrogen (secondary N) is 2. The third-order valence-corrected chi connectivity index (χ3v) is 5.80. The van der Waals surface area contributed by atoms with Crippen LogP contribution in [0.3, 0.4) is 0 Å². The Morgan fingerprint density at radius 3 is 3.07 bits per heavy atom. The van der Waals surface area contributed by atoms with E-state index in [9.17, 15) is 5.11 Å². The van der Waals surface area contributed by atoms with Gasteiger partial charge in [-0.15, -0.1) is 0 Å². The number of fused-ring (bicyclic) bond motifs is 1. The average molecular weight is 410 g/mol. The van der Waals surface area contributed by atoms with Gasteiger partial charge in [0.15, 0.2) is 6.20 Å². The van der Waals surface area contributed by atoms with Gasteiger partial charge in [-0.05, 0) is 49.5 Å². The third kappa shape index (κ3) is 4.70. The Hall–Kier alpha value is -2.61. The first kappa shape index (κ1) is 19.7. The molecule has 0 amide bonds. The van der Waals surface area contributed by atoms with Gasteiger partial charge >= 0.3 is 0 Å². The van der Waals surface area contributed by atoms with Crippen molar-refractivity contribution in [2.45, 2.75) is 32.4 Å². The Morgan fingerprint density at radius 1 is 1.38 bits per heavy atom. The number of rotatable bonds is 6. The average Bonchev–Trinajstić information content (AvgIpc) is 3.13. The fourth-order valence-electron chi connectivity index (χ4n) is 3.42. The highest BCUT2D eigenvalue weighted by Crippen LogP contribution is 2.36. The number of aromatic amines is 2. The quantitative estimate of drug-likeness (QED) is 0.501. The van der Waals surface area contributed by atoms with Crippen molar-refractivity contribution in [3.63, 3.8) is 0 Å². The molecule has 2 aliphatic rings. The lowest BCUT2D eigenvalue weighted by Crippen LogP contribution is -2.24. The van der Waals surface area contributed by atoms with Crippen molar-refractivity contribution in [2.75, 3.05) is 0 Å². The molecule has 2 aromatic heterocycles. The van der Waals surface area contributed by atoms with Crippen LogP contribution in [0.5, 0.6) is 0 Å². The molecule has 0 saturated heterocycles. The number of nitrogens with zero attached hydrogens (tertiary/aromatic N) is 1. The number of H-pyrrole nitrogens is 2. The third-order valence-electron chi connectivity index (χ3n) is 5.00. The summed E-state index contributed by atoms with van der Waals surface area (Å²) in [5.74, 6) is 1.02. The van der Waals surface area contributed by atoms with E-state index >= 15 is 0 Å². The Morgan fingerprint density at radius 2 is 2.28 bits per heavy atom. The molecular weight excluding hydrogens is 384 g/mol. The van der Waals surface area contributed by atoms with Crippen molar-refractivity contribution in [1.29, 1.82) is 0 Å². The fraction of sp³-hybridized carbons (Fsp3) is 0.273. The first-order valence-corrected chi connectivity index (χ1v) is 10.5. The largest absolute Gasteiger partial charge is 0.421 e. The standard InChI is InChI=1S/C22H24N4O2S/c1-14-5-8-18(22(23)27)21(12-14)28-29-16-7-9-17-19(25-26-20(17)13-16)10-6-15-4-2-3-11-24-15/h2-4,6,8,10-14,22,27H,5,7,9,23H2,1H3,(H,25,26)/p+1/b10-6+. The fourth-order valence-corrected chi connectivity index (χ4v) is 4.12. The van der Waals surface area contributed by atoms with Crippen molar-refractivity contribution in [1.82, 2.24) is 10.2 Å². The predicted octanol–water partition coefficient (Wildman–Crippen LogP) is 3.47. The molecule has 2 heterocycles. The number of aliphatic hydroxyl groups excluding tert-OH is 1. The second-order valence-corrected chi connectivity index (χ2v) is 8.14. The van der Waals surface area contributed by atoms with Gasteiger partial charge in [0, 0.05) is 34.3 Å². The number of allylic oxidation sites excluding steroid dienone is 3. The Kier molecular flexibility index (Phi) is 5.99. The molecule has 0 saturated carbocycles. The lowest BCUT2D eigenvalue weighted by atomic mass is 9.96. The van der Waals surface area contributed by atoms with E-state index in [-0.39, 0.29) is 0 Å². The van der Waals surface area contributed by atoms with Gasteiger partial charge in [0.2, 0.25) is 5.69 Å². The minimum atomic E-state index is -1.02. The van der Waals surface area contributed by atoms with E-state index in [1.54, 1.807) is 0 Å². The summed E-state index contributed by atoms with van der Waals surface area (Å²) in [5.41, 5.74) is 10.5. The molecule has 2 aromatic rings. The van der Waals surface area contributed by atoms with Crippen LogP contribution in [-0.2, 0) is 10.6 Å². The highest BCUT2D eigenvalue weighted by molar-refractivity contribution is 7.98. The molecule has 6 nitrogen and oxygen atoms in total. The molecule has 2 unspecified atom stereocenters. The zero-order valence-electron chi connectivity index (χ0n) is 16.3. The summed E-state index contributed by atoms with van der Waals surface area (Å²) in [6.07, 6.45) is 13.6. The van der Waals surface area contributed by atoms with E-state index < -0.39 is 6.23 Å². The molecule has 5 N–H and O–H groups in total. The van der Waals surface area contributed by atoms with Crippen LogP contribution >= 0.6 is 12.0 Å². The SMILES string of the molecule is CC1C=C(OSC2=Cc3[nH]nc(/C=C/c4cccc[nH+]4)c3CC2)C(C(N)O)=CC1. The van der Waals surface area contributed by atoms with Crippen molar-refractivity contribution in [3.8, 4) is 0 Å². The van der Waals surface area contributed by atoms with Crippen LogP contribution < -0.4 is 10.7 Å². The maximum absolute atomic E-state index is 9.78. The molecule has 0 aliphatic heterocycles. The normalized spacial score (nSPS) is 20.0. The summed E-state index contributed by atoms with van der Waals surface area (Å²) in [6, 6.07) is 5.97. The van der Waals surface area contributed by atoms with Crippen LogP contribution in [0.15, 0.2) is 52.8 Å². The lowest BCUT2D eigenvalue weighted by molar-refractivity contribution is -0.380. The van der Waals surface area contributed by atoms with Crippen LogP contribution in [-0.4, -0.2) is 21.5 Å². The van der Waals surface area contributed by atoms with E-state index in [2.05, 4.69) is 28.2 Å². The van der Waals surface area contributed by atoms with Gasteiger partial charge in [-0.3, -0.25) is 5.10 Å². The Labute approximate surface area is 174 Å². The van der Waals surface area contributed by atoms with E-state index in [4.69, 9.17) is 9.92 Å². The van der Waals surface area contributed by atoms with Crippen molar-refractivity contribution < 1.29 is 14.3 Å². The van der Waals surface area contributed by atoms with Gasteiger partial charge in [0.25, 0.3) is 0 Å². The minimum Gasteiger partial charge on any atom is -0.421 e. The number of nitrogens with two attached hydrogens (primary N) is 1. The number of hydrogen-bond acceptors (Lipinski definition) is 5. The number of pyridine rings is 1. The molecule has 7 heteroatoms. The van der Waals surface area contributed by atoms with E-state index in [1.165, 1.54) is 17.6 Å². The summed E-state index contributed by atoms with van der Waals surface area (Å²) in [4.78, 5) is 4.30. The number of hydrogen-bond donors (Lipinski definition) is 3. The molecule has 0 fully saturated rings. The predicted molar refractivity (Wildman–Crippen MR) is 116 cm³/mol. The van der Waals surface area contributed by atoms with Gasteiger partial charge in [-0.1, -0.05) is 13.0 Å². The lowest BCUT2D eigenvalue weighted by Gasteiger charge is -2.21. The van der Waals surface area contributed by atoms with Crippen LogP contribution in [0.1, 0.15) is 42.4 Å². The van der Waals surface area contributed by atoms with Crippen LogP contribution in [0.2, 0.25) is 0 Å². The molecule has 0 spiro atoms. The zero-order chi connectivity index (χ0) is 20.2. The molecule has 2 atom stereocenters. The number of aromatic nitrogens is 3. The summed E-state index contributed by atoms with van der Waals surface area (Å²) < 4.78 is 5.94.